The summed E-state index contributed by atoms with van der Waals surface area (Å²) in [5.41, 5.74) is 4.39. The molecule has 0 unspecified atom stereocenters. The highest BCUT2D eigenvalue weighted by Gasteiger charge is 2.02. The summed E-state index contributed by atoms with van der Waals surface area (Å²) in [6, 6.07) is 23.1. The van der Waals surface area contributed by atoms with Crippen molar-refractivity contribution in [2.45, 2.75) is 6.42 Å². The number of likely N-dealkylation sites (N-methyl/N-ethyl adjacent to an activating group) is 1. The lowest BCUT2D eigenvalue weighted by Gasteiger charge is -2.10. The average Bonchev–Trinajstić information content (AvgIpc) is 2.59. The van der Waals surface area contributed by atoms with Gasteiger partial charge in [-0.3, -0.25) is 0 Å². The zero-order valence-electron chi connectivity index (χ0n) is 13.6. The summed E-state index contributed by atoms with van der Waals surface area (Å²) in [7, 11) is 4.20. The van der Waals surface area contributed by atoms with E-state index in [1.807, 2.05) is 24.3 Å². The molecule has 0 N–H and O–H groups in total. The molecule has 3 rings (SSSR count). The molecule has 0 amide bonds. The van der Waals surface area contributed by atoms with Crippen LogP contribution in [0.5, 0.6) is 0 Å². The van der Waals surface area contributed by atoms with Crippen molar-refractivity contribution in [1.82, 2.24) is 4.90 Å². The molecule has 3 aromatic rings. The number of rotatable bonds is 4. The van der Waals surface area contributed by atoms with E-state index in [2.05, 4.69) is 61.5 Å². The lowest BCUT2D eigenvalue weighted by atomic mass is 9.98. The van der Waals surface area contributed by atoms with Gasteiger partial charge in [0.1, 0.15) is 0 Å². The number of nitriles is 1. The zero-order valence-corrected chi connectivity index (χ0v) is 13.6. The monoisotopic (exact) mass is 300 g/mol. The van der Waals surface area contributed by atoms with Crippen molar-refractivity contribution in [3.8, 4) is 17.2 Å². The Balaban J connectivity index is 1.90. The van der Waals surface area contributed by atoms with Crippen molar-refractivity contribution in [2.24, 2.45) is 0 Å². The summed E-state index contributed by atoms with van der Waals surface area (Å²) in [5, 5.41) is 11.4. The largest absolute Gasteiger partial charge is 0.309 e. The molecule has 0 spiro atoms. The Hall–Kier alpha value is -2.63. The topological polar surface area (TPSA) is 27.0 Å². The van der Waals surface area contributed by atoms with E-state index >= 15 is 0 Å². The van der Waals surface area contributed by atoms with Crippen molar-refractivity contribution in [3.63, 3.8) is 0 Å². The average molecular weight is 300 g/mol. The second-order valence-corrected chi connectivity index (χ2v) is 6.14. The second kappa shape index (κ2) is 6.64. The molecule has 0 aliphatic carbocycles. The lowest BCUT2D eigenvalue weighted by molar-refractivity contribution is 0.414. The molecule has 3 aromatic carbocycles. The molecule has 0 fully saturated rings. The van der Waals surface area contributed by atoms with Gasteiger partial charge in [-0.1, -0.05) is 42.5 Å². The molecule has 0 heterocycles. The van der Waals surface area contributed by atoms with Crippen molar-refractivity contribution in [3.05, 3.63) is 71.8 Å². The van der Waals surface area contributed by atoms with E-state index in [1.165, 1.54) is 21.9 Å². The molecular weight excluding hydrogens is 280 g/mol. The molecule has 0 aromatic heterocycles. The molecule has 0 atom stereocenters. The second-order valence-electron chi connectivity index (χ2n) is 6.14. The van der Waals surface area contributed by atoms with Crippen LogP contribution in [0.15, 0.2) is 60.7 Å². The summed E-state index contributed by atoms with van der Waals surface area (Å²) in [5.74, 6) is 0. The Morgan fingerprint density at radius 1 is 0.826 bits per heavy atom. The van der Waals surface area contributed by atoms with Crippen molar-refractivity contribution in [2.75, 3.05) is 20.6 Å². The summed E-state index contributed by atoms with van der Waals surface area (Å²) in [4.78, 5) is 2.21. The normalized spacial score (nSPS) is 10.9. The van der Waals surface area contributed by atoms with Crippen LogP contribution in [-0.2, 0) is 6.42 Å². The Bertz CT molecular complexity index is 855. The number of hydrogen-bond acceptors (Lipinski definition) is 2. The van der Waals surface area contributed by atoms with Crippen LogP contribution in [0, 0.1) is 11.3 Å². The van der Waals surface area contributed by atoms with Gasteiger partial charge in [0.15, 0.2) is 0 Å². The Morgan fingerprint density at radius 3 is 2.17 bits per heavy atom. The molecule has 0 aliphatic heterocycles. The van der Waals surface area contributed by atoms with E-state index in [0.717, 1.165) is 18.5 Å². The van der Waals surface area contributed by atoms with Crippen molar-refractivity contribution < 1.29 is 0 Å². The fourth-order valence-corrected chi connectivity index (χ4v) is 2.72. The predicted octanol–water partition coefficient (Wildman–Crippen LogP) is 4.48. The molecule has 0 aliphatic rings. The molecule has 2 heteroatoms. The predicted molar refractivity (Wildman–Crippen MR) is 96.4 cm³/mol. The minimum Gasteiger partial charge on any atom is -0.309 e. The van der Waals surface area contributed by atoms with Crippen LogP contribution in [-0.4, -0.2) is 25.5 Å². The molecular formula is C21H20N2. The Kier molecular flexibility index (Phi) is 4.41. The van der Waals surface area contributed by atoms with E-state index < -0.39 is 0 Å². The first-order chi connectivity index (χ1) is 11.2. The summed E-state index contributed by atoms with van der Waals surface area (Å²) < 4.78 is 0. The molecule has 23 heavy (non-hydrogen) atoms. The van der Waals surface area contributed by atoms with Crippen molar-refractivity contribution in [1.29, 1.82) is 5.26 Å². The van der Waals surface area contributed by atoms with Gasteiger partial charge in [-0.25, -0.2) is 0 Å². The molecule has 2 nitrogen and oxygen atoms in total. The van der Waals surface area contributed by atoms with Gasteiger partial charge in [0.05, 0.1) is 11.6 Å². The van der Waals surface area contributed by atoms with Crippen molar-refractivity contribution >= 4 is 10.8 Å². The first-order valence-corrected chi connectivity index (χ1v) is 7.84. The highest BCUT2D eigenvalue weighted by molar-refractivity contribution is 5.87. The van der Waals surface area contributed by atoms with Gasteiger partial charge in [-0.05, 0) is 66.2 Å². The Morgan fingerprint density at radius 2 is 1.48 bits per heavy atom. The van der Waals surface area contributed by atoms with Gasteiger partial charge >= 0.3 is 0 Å². The van der Waals surface area contributed by atoms with Crippen LogP contribution < -0.4 is 0 Å². The Labute approximate surface area is 137 Å². The third-order valence-corrected chi connectivity index (χ3v) is 4.10. The molecule has 0 saturated carbocycles. The molecule has 0 saturated heterocycles. The van der Waals surface area contributed by atoms with Gasteiger partial charge in [0.25, 0.3) is 0 Å². The summed E-state index contributed by atoms with van der Waals surface area (Å²) >= 11 is 0. The quantitative estimate of drug-likeness (QED) is 0.710. The summed E-state index contributed by atoms with van der Waals surface area (Å²) in [6.07, 6.45) is 1.07. The zero-order chi connectivity index (χ0) is 16.2. The lowest BCUT2D eigenvalue weighted by Crippen LogP contribution is -2.14. The van der Waals surface area contributed by atoms with Gasteiger partial charge in [0, 0.05) is 6.54 Å². The van der Waals surface area contributed by atoms with Crippen LogP contribution in [0.25, 0.3) is 21.9 Å². The third-order valence-electron chi connectivity index (χ3n) is 4.10. The smallest absolute Gasteiger partial charge is 0.0991 e. The highest BCUT2D eigenvalue weighted by atomic mass is 15.0. The highest BCUT2D eigenvalue weighted by Crippen LogP contribution is 2.25. The number of hydrogen-bond donors (Lipinski definition) is 0. The fourth-order valence-electron chi connectivity index (χ4n) is 2.72. The maximum atomic E-state index is 8.89. The first-order valence-electron chi connectivity index (χ1n) is 7.84. The van der Waals surface area contributed by atoms with E-state index in [-0.39, 0.29) is 0 Å². The van der Waals surface area contributed by atoms with Crippen LogP contribution in [0.4, 0.5) is 0 Å². The molecule has 0 radical (unpaired) electrons. The standard InChI is InChI=1S/C21H20N2/c1-23(2)12-11-16-3-8-21-14-20(10-9-19(21)13-16)18-6-4-17(15-22)5-7-18/h3-10,13-14H,11-12H2,1-2H3. The van der Waals surface area contributed by atoms with Gasteiger partial charge in [-0.2, -0.15) is 5.26 Å². The van der Waals surface area contributed by atoms with E-state index in [4.69, 9.17) is 5.26 Å². The fraction of sp³-hybridized carbons (Fsp3) is 0.190. The maximum absolute atomic E-state index is 8.89. The third kappa shape index (κ3) is 3.59. The minimum atomic E-state index is 0.695. The summed E-state index contributed by atoms with van der Waals surface area (Å²) in [6.45, 7) is 1.06. The van der Waals surface area contributed by atoms with Gasteiger partial charge in [0.2, 0.25) is 0 Å². The minimum absolute atomic E-state index is 0.695. The molecule has 114 valence electrons. The van der Waals surface area contributed by atoms with Crippen LogP contribution in [0.1, 0.15) is 11.1 Å². The number of benzene rings is 3. The van der Waals surface area contributed by atoms with Crippen LogP contribution in [0.3, 0.4) is 0 Å². The van der Waals surface area contributed by atoms with E-state index in [0.29, 0.717) is 5.56 Å². The van der Waals surface area contributed by atoms with Crippen LogP contribution >= 0.6 is 0 Å². The van der Waals surface area contributed by atoms with Gasteiger partial charge in [-0.15, -0.1) is 0 Å². The molecule has 0 bridgehead atoms. The van der Waals surface area contributed by atoms with E-state index in [9.17, 15) is 0 Å². The SMILES string of the molecule is CN(C)CCc1ccc2cc(-c3ccc(C#N)cc3)ccc2c1. The maximum Gasteiger partial charge on any atom is 0.0991 e. The first kappa shape index (κ1) is 15.3. The van der Waals surface area contributed by atoms with Gasteiger partial charge < -0.3 is 4.90 Å². The number of fused-ring (bicyclic) bond motifs is 1. The number of nitrogens with zero attached hydrogens (tertiary/aromatic N) is 2. The van der Waals surface area contributed by atoms with E-state index in [1.54, 1.807) is 0 Å². The van der Waals surface area contributed by atoms with Crippen LogP contribution in [0.2, 0.25) is 0 Å².